The lowest BCUT2D eigenvalue weighted by atomic mass is 10.2. The second kappa shape index (κ2) is 4.21. The summed E-state index contributed by atoms with van der Waals surface area (Å²) in [5, 5.41) is 11.8. The number of phenols is 1. The molecule has 0 saturated carbocycles. The van der Waals surface area contributed by atoms with Gasteiger partial charge in [-0.25, -0.2) is 4.79 Å². The van der Waals surface area contributed by atoms with Gasteiger partial charge in [0.25, 0.3) is 0 Å². The monoisotopic (exact) mass is 208 g/mol. The fourth-order valence-corrected chi connectivity index (χ4v) is 0.934. The van der Waals surface area contributed by atoms with Crippen LogP contribution >= 0.6 is 0 Å². The van der Waals surface area contributed by atoms with Crippen LogP contribution in [0.3, 0.4) is 0 Å². The first-order chi connectivity index (χ1) is 6.88. The summed E-state index contributed by atoms with van der Waals surface area (Å²) < 4.78 is 5.02. The molecule has 0 aliphatic heterocycles. The molecule has 0 aromatic heterocycles. The van der Waals surface area contributed by atoms with Gasteiger partial charge in [-0.3, -0.25) is 5.32 Å². The summed E-state index contributed by atoms with van der Waals surface area (Å²) in [6.07, 6.45) is -0.611. The molecule has 0 fully saturated rings. The van der Waals surface area contributed by atoms with E-state index in [-0.39, 0.29) is 11.4 Å². The highest BCUT2D eigenvalue weighted by atomic mass is 16.6. The molecule has 0 aliphatic rings. The predicted molar refractivity (Wildman–Crippen MR) is 56.8 cm³/mol. The molecule has 0 unspecified atom stereocenters. The number of anilines is 1. The number of nitrogens with one attached hydrogen (secondary N) is 1. The standard InChI is InChI=1S/C11H14NO3/c1-11(2,3)15-10(14)12-8-6-4-5-7-9(8)13/h4-5,7,13H,1-3H3,(H,12,14). The summed E-state index contributed by atoms with van der Waals surface area (Å²) in [5.41, 5.74) is -0.346. The quantitative estimate of drug-likeness (QED) is 0.697. The Labute approximate surface area is 88.9 Å². The lowest BCUT2D eigenvalue weighted by molar-refractivity contribution is 0.0635. The summed E-state index contributed by atoms with van der Waals surface area (Å²) in [4.78, 5) is 11.3. The van der Waals surface area contributed by atoms with Crippen LogP contribution in [0.2, 0.25) is 0 Å². The molecule has 1 amide bonds. The van der Waals surface area contributed by atoms with Crippen LogP contribution in [0.25, 0.3) is 0 Å². The number of hydrogen-bond donors (Lipinski definition) is 2. The Kier molecular flexibility index (Phi) is 3.19. The van der Waals surface area contributed by atoms with E-state index in [1.165, 1.54) is 6.07 Å². The molecular formula is C11H14NO3. The molecule has 1 rings (SSSR count). The van der Waals surface area contributed by atoms with Gasteiger partial charge in [-0.1, -0.05) is 12.1 Å². The van der Waals surface area contributed by atoms with E-state index in [1.807, 2.05) is 0 Å². The lowest BCUT2D eigenvalue weighted by Crippen LogP contribution is -2.27. The minimum Gasteiger partial charge on any atom is -0.506 e. The van der Waals surface area contributed by atoms with Gasteiger partial charge in [0.1, 0.15) is 11.4 Å². The van der Waals surface area contributed by atoms with Gasteiger partial charge in [-0.15, -0.1) is 0 Å². The van der Waals surface area contributed by atoms with Crippen LogP contribution in [0.1, 0.15) is 20.8 Å². The summed E-state index contributed by atoms with van der Waals surface area (Å²) in [6, 6.07) is 7.36. The molecule has 0 heterocycles. The molecule has 4 nitrogen and oxygen atoms in total. The Morgan fingerprint density at radius 3 is 2.73 bits per heavy atom. The molecule has 2 N–H and O–H groups in total. The number of para-hydroxylation sites is 1. The van der Waals surface area contributed by atoms with Gasteiger partial charge >= 0.3 is 6.09 Å². The van der Waals surface area contributed by atoms with Gasteiger partial charge in [0, 0.05) is 6.07 Å². The minimum atomic E-state index is -0.611. The normalized spacial score (nSPS) is 10.9. The second-order valence-corrected chi connectivity index (χ2v) is 4.06. The Morgan fingerprint density at radius 2 is 2.20 bits per heavy atom. The van der Waals surface area contributed by atoms with Gasteiger partial charge in [-0.05, 0) is 26.8 Å². The molecule has 0 aliphatic carbocycles. The highest BCUT2D eigenvalue weighted by Gasteiger charge is 2.16. The molecular weight excluding hydrogens is 194 g/mol. The van der Waals surface area contributed by atoms with E-state index >= 15 is 0 Å². The third-order valence-corrected chi connectivity index (χ3v) is 1.46. The highest BCUT2D eigenvalue weighted by Crippen LogP contribution is 2.21. The maximum absolute atomic E-state index is 11.3. The molecule has 0 bridgehead atoms. The maximum Gasteiger partial charge on any atom is 0.412 e. The van der Waals surface area contributed by atoms with Gasteiger partial charge in [0.05, 0.1) is 5.69 Å². The van der Waals surface area contributed by atoms with Gasteiger partial charge in [0.2, 0.25) is 0 Å². The first-order valence-electron chi connectivity index (χ1n) is 4.58. The van der Waals surface area contributed by atoms with Gasteiger partial charge < -0.3 is 9.84 Å². The fourth-order valence-electron chi connectivity index (χ4n) is 0.934. The van der Waals surface area contributed by atoms with Gasteiger partial charge in [0.15, 0.2) is 0 Å². The van der Waals surface area contributed by atoms with Crippen molar-refractivity contribution in [3.05, 3.63) is 24.3 Å². The van der Waals surface area contributed by atoms with Crippen molar-refractivity contribution in [2.24, 2.45) is 0 Å². The summed E-state index contributed by atoms with van der Waals surface area (Å²) >= 11 is 0. The van der Waals surface area contributed by atoms with E-state index in [0.717, 1.165) is 0 Å². The fraction of sp³-hybridized carbons (Fsp3) is 0.364. The molecule has 81 valence electrons. The van der Waals surface area contributed by atoms with Crippen LogP contribution < -0.4 is 5.32 Å². The molecule has 1 radical (unpaired) electrons. The predicted octanol–water partition coefficient (Wildman–Crippen LogP) is 2.54. The Balaban J connectivity index is 2.64. The van der Waals surface area contributed by atoms with Crippen molar-refractivity contribution < 1.29 is 14.6 Å². The first kappa shape index (κ1) is 11.4. The SMILES string of the molecule is CC(C)(C)OC(=O)Nc1[c]cccc1O. The molecule has 0 spiro atoms. The van der Waals surface area contributed by atoms with Crippen LogP contribution in [0.15, 0.2) is 18.2 Å². The molecule has 1 aromatic rings. The third kappa shape index (κ3) is 3.89. The number of phenolic OH excluding ortho intramolecular Hbond substituents is 1. The van der Waals surface area contributed by atoms with Crippen LogP contribution in [-0.4, -0.2) is 16.8 Å². The molecule has 0 saturated heterocycles. The number of aromatic hydroxyl groups is 1. The van der Waals surface area contributed by atoms with Crippen LogP contribution in [0.5, 0.6) is 5.75 Å². The Bertz CT molecular complexity index is 355. The summed E-state index contributed by atoms with van der Waals surface area (Å²) in [6.45, 7) is 5.30. The number of hydrogen-bond acceptors (Lipinski definition) is 3. The van der Waals surface area contributed by atoms with Crippen molar-refractivity contribution in [1.82, 2.24) is 0 Å². The lowest BCUT2D eigenvalue weighted by Gasteiger charge is -2.19. The average molecular weight is 208 g/mol. The smallest absolute Gasteiger partial charge is 0.412 e. The van der Waals surface area contributed by atoms with Crippen LogP contribution in [0.4, 0.5) is 10.5 Å². The zero-order valence-electron chi connectivity index (χ0n) is 9.00. The average Bonchev–Trinajstić information content (AvgIpc) is 2.05. The zero-order valence-corrected chi connectivity index (χ0v) is 9.00. The minimum absolute atomic E-state index is 0.0386. The number of ether oxygens (including phenoxy) is 1. The van der Waals surface area contributed by atoms with Crippen molar-refractivity contribution in [2.75, 3.05) is 5.32 Å². The van der Waals surface area contributed by atoms with E-state index in [9.17, 15) is 9.90 Å². The van der Waals surface area contributed by atoms with E-state index in [1.54, 1.807) is 32.9 Å². The van der Waals surface area contributed by atoms with Crippen molar-refractivity contribution in [3.63, 3.8) is 0 Å². The Morgan fingerprint density at radius 1 is 1.53 bits per heavy atom. The van der Waals surface area contributed by atoms with Crippen molar-refractivity contribution >= 4 is 11.8 Å². The topological polar surface area (TPSA) is 58.6 Å². The second-order valence-electron chi connectivity index (χ2n) is 4.06. The number of benzene rings is 1. The van der Waals surface area contributed by atoms with E-state index < -0.39 is 11.7 Å². The molecule has 1 aromatic carbocycles. The van der Waals surface area contributed by atoms with E-state index in [4.69, 9.17) is 4.74 Å². The first-order valence-corrected chi connectivity index (χ1v) is 4.58. The number of carbonyl (C=O) groups is 1. The number of rotatable bonds is 1. The molecule has 4 heteroatoms. The van der Waals surface area contributed by atoms with Gasteiger partial charge in [-0.2, -0.15) is 0 Å². The largest absolute Gasteiger partial charge is 0.506 e. The van der Waals surface area contributed by atoms with Crippen LogP contribution in [-0.2, 0) is 4.74 Å². The summed E-state index contributed by atoms with van der Waals surface area (Å²) in [5.74, 6) is -0.0386. The summed E-state index contributed by atoms with van der Waals surface area (Å²) in [7, 11) is 0. The van der Waals surface area contributed by atoms with Crippen molar-refractivity contribution in [2.45, 2.75) is 26.4 Å². The third-order valence-electron chi connectivity index (χ3n) is 1.46. The molecule has 0 atom stereocenters. The van der Waals surface area contributed by atoms with Crippen molar-refractivity contribution in [3.8, 4) is 5.75 Å². The van der Waals surface area contributed by atoms with E-state index in [2.05, 4.69) is 11.4 Å². The van der Waals surface area contributed by atoms with Crippen molar-refractivity contribution in [1.29, 1.82) is 0 Å². The maximum atomic E-state index is 11.3. The number of amides is 1. The molecule has 15 heavy (non-hydrogen) atoms. The number of carbonyl (C=O) groups excluding carboxylic acids is 1. The zero-order chi connectivity index (χ0) is 11.5. The highest BCUT2D eigenvalue weighted by molar-refractivity contribution is 5.86. The van der Waals surface area contributed by atoms with E-state index in [0.29, 0.717) is 0 Å². The van der Waals surface area contributed by atoms with Crippen LogP contribution in [0, 0.1) is 6.07 Å². The Hall–Kier alpha value is -1.71.